The fourth-order valence-electron chi connectivity index (χ4n) is 2.16. The van der Waals surface area contributed by atoms with E-state index in [1.165, 1.54) is 25.7 Å². The van der Waals surface area contributed by atoms with Crippen LogP contribution in [0.15, 0.2) is 24.3 Å². The van der Waals surface area contributed by atoms with Gasteiger partial charge in [0.05, 0.1) is 5.75 Å². The van der Waals surface area contributed by atoms with Gasteiger partial charge in [-0.25, -0.2) is 0 Å². The summed E-state index contributed by atoms with van der Waals surface area (Å²) in [6.45, 7) is 0. The van der Waals surface area contributed by atoms with Gasteiger partial charge in [0.15, 0.2) is 0 Å². The summed E-state index contributed by atoms with van der Waals surface area (Å²) in [5.41, 5.74) is 6.29. The summed E-state index contributed by atoms with van der Waals surface area (Å²) < 4.78 is 0. The first-order valence-electron chi connectivity index (χ1n) is 6.46. The fourth-order valence-corrected chi connectivity index (χ4v) is 3.29. The highest BCUT2D eigenvalue weighted by atomic mass is 32.2. The molecule has 0 heterocycles. The molecule has 0 unspecified atom stereocenters. The number of nitrogens with one attached hydrogen (secondary N) is 1. The largest absolute Gasteiger partial charge is 0.366 e. The standard InChI is InChI=1S/C14H18N2O2S/c15-14(18)10-5-7-11(8-6-10)16-13(17)9-19-12-3-1-2-4-12/h5-8,12H,1-4,9H2,(H2,15,18)(H,16,17). The van der Waals surface area contributed by atoms with Gasteiger partial charge in [-0.2, -0.15) is 0 Å². The lowest BCUT2D eigenvalue weighted by Crippen LogP contribution is -2.16. The summed E-state index contributed by atoms with van der Waals surface area (Å²) in [5, 5.41) is 3.46. The lowest BCUT2D eigenvalue weighted by atomic mass is 10.2. The van der Waals surface area contributed by atoms with Crippen molar-refractivity contribution in [2.75, 3.05) is 11.1 Å². The molecule has 0 aliphatic heterocycles. The Morgan fingerprint density at radius 2 is 1.84 bits per heavy atom. The Bertz CT molecular complexity index is 453. The topological polar surface area (TPSA) is 72.2 Å². The van der Waals surface area contributed by atoms with Gasteiger partial charge < -0.3 is 11.1 Å². The average molecular weight is 278 g/mol. The number of amides is 2. The van der Waals surface area contributed by atoms with Gasteiger partial charge in [-0.3, -0.25) is 9.59 Å². The fraction of sp³-hybridized carbons (Fsp3) is 0.429. The predicted molar refractivity (Wildman–Crippen MR) is 78.3 cm³/mol. The molecule has 1 aromatic rings. The number of thioether (sulfide) groups is 1. The van der Waals surface area contributed by atoms with E-state index >= 15 is 0 Å². The molecule has 1 aromatic carbocycles. The first kappa shape index (κ1) is 13.9. The van der Waals surface area contributed by atoms with Crippen molar-refractivity contribution >= 4 is 29.3 Å². The van der Waals surface area contributed by atoms with Crippen molar-refractivity contribution in [1.29, 1.82) is 0 Å². The van der Waals surface area contributed by atoms with Crippen molar-refractivity contribution in [1.82, 2.24) is 0 Å². The molecule has 0 aromatic heterocycles. The Balaban J connectivity index is 1.79. The molecule has 5 heteroatoms. The highest BCUT2D eigenvalue weighted by molar-refractivity contribution is 8.00. The molecule has 2 amide bonds. The first-order chi connectivity index (χ1) is 9.15. The van der Waals surface area contributed by atoms with Gasteiger partial charge in [-0.1, -0.05) is 12.8 Å². The number of benzene rings is 1. The van der Waals surface area contributed by atoms with E-state index in [-0.39, 0.29) is 5.91 Å². The van der Waals surface area contributed by atoms with Crippen LogP contribution in [0.5, 0.6) is 0 Å². The van der Waals surface area contributed by atoms with E-state index in [9.17, 15) is 9.59 Å². The smallest absolute Gasteiger partial charge is 0.248 e. The van der Waals surface area contributed by atoms with Crippen molar-refractivity contribution in [3.8, 4) is 0 Å². The van der Waals surface area contributed by atoms with E-state index in [0.717, 1.165) is 0 Å². The number of primary amides is 1. The molecule has 0 spiro atoms. The van der Waals surface area contributed by atoms with Crippen LogP contribution in [0.1, 0.15) is 36.0 Å². The molecule has 1 saturated carbocycles. The normalized spacial score (nSPS) is 15.4. The Morgan fingerprint density at radius 3 is 2.42 bits per heavy atom. The number of carbonyl (C=O) groups excluding carboxylic acids is 2. The van der Waals surface area contributed by atoms with Crippen LogP contribution in [0.25, 0.3) is 0 Å². The van der Waals surface area contributed by atoms with Gasteiger partial charge in [-0.15, -0.1) is 11.8 Å². The summed E-state index contributed by atoms with van der Waals surface area (Å²) in [6.07, 6.45) is 5.03. The third kappa shape index (κ3) is 4.28. The van der Waals surface area contributed by atoms with Crippen LogP contribution < -0.4 is 11.1 Å². The molecule has 0 bridgehead atoms. The highest BCUT2D eigenvalue weighted by Crippen LogP contribution is 2.29. The van der Waals surface area contributed by atoms with Gasteiger partial charge in [0, 0.05) is 16.5 Å². The minimum Gasteiger partial charge on any atom is -0.366 e. The van der Waals surface area contributed by atoms with Gasteiger partial charge in [-0.05, 0) is 37.1 Å². The predicted octanol–water partition coefficient (Wildman–Crippen LogP) is 2.40. The van der Waals surface area contributed by atoms with Crippen molar-refractivity contribution in [2.24, 2.45) is 5.73 Å². The van der Waals surface area contributed by atoms with Gasteiger partial charge in [0.2, 0.25) is 11.8 Å². The molecular weight excluding hydrogens is 260 g/mol. The van der Waals surface area contributed by atoms with E-state index in [2.05, 4.69) is 5.32 Å². The zero-order valence-corrected chi connectivity index (χ0v) is 11.5. The lowest BCUT2D eigenvalue weighted by Gasteiger charge is -2.09. The van der Waals surface area contributed by atoms with Crippen molar-refractivity contribution in [2.45, 2.75) is 30.9 Å². The van der Waals surface area contributed by atoms with Crippen LogP contribution in [-0.4, -0.2) is 22.8 Å². The second kappa shape index (κ2) is 6.61. The molecule has 1 aliphatic rings. The van der Waals surface area contributed by atoms with E-state index in [1.54, 1.807) is 36.0 Å². The molecule has 1 fully saturated rings. The van der Waals surface area contributed by atoms with Crippen LogP contribution in [0, 0.1) is 0 Å². The van der Waals surface area contributed by atoms with E-state index < -0.39 is 5.91 Å². The maximum atomic E-state index is 11.8. The monoisotopic (exact) mass is 278 g/mol. The summed E-state index contributed by atoms with van der Waals surface area (Å²) in [6, 6.07) is 6.61. The SMILES string of the molecule is NC(=O)c1ccc(NC(=O)CSC2CCCC2)cc1. The summed E-state index contributed by atoms with van der Waals surface area (Å²) in [5.74, 6) is 0.0285. The molecule has 3 N–H and O–H groups in total. The summed E-state index contributed by atoms with van der Waals surface area (Å²) in [4.78, 5) is 22.7. The second-order valence-electron chi connectivity index (χ2n) is 4.71. The Kier molecular flexibility index (Phi) is 4.85. The number of anilines is 1. The Morgan fingerprint density at radius 1 is 1.21 bits per heavy atom. The number of hydrogen-bond acceptors (Lipinski definition) is 3. The third-order valence-electron chi connectivity index (χ3n) is 3.21. The van der Waals surface area contributed by atoms with Crippen LogP contribution in [0.3, 0.4) is 0 Å². The molecule has 4 nitrogen and oxygen atoms in total. The molecular formula is C14H18N2O2S. The van der Waals surface area contributed by atoms with E-state index in [0.29, 0.717) is 22.3 Å². The van der Waals surface area contributed by atoms with Crippen LogP contribution in [0.4, 0.5) is 5.69 Å². The number of nitrogens with two attached hydrogens (primary N) is 1. The number of rotatable bonds is 5. The van der Waals surface area contributed by atoms with E-state index in [4.69, 9.17) is 5.73 Å². The first-order valence-corrected chi connectivity index (χ1v) is 7.51. The second-order valence-corrected chi connectivity index (χ2v) is 6.00. The maximum absolute atomic E-state index is 11.8. The minimum absolute atomic E-state index is 0.00345. The van der Waals surface area contributed by atoms with Gasteiger partial charge in [0.25, 0.3) is 0 Å². The maximum Gasteiger partial charge on any atom is 0.248 e. The molecule has 2 rings (SSSR count). The van der Waals surface area contributed by atoms with Crippen LogP contribution in [-0.2, 0) is 4.79 Å². The molecule has 0 radical (unpaired) electrons. The summed E-state index contributed by atoms with van der Waals surface area (Å²) in [7, 11) is 0. The van der Waals surface area contributed by atoms with Gasteiger partial charge >= 0.3 is 0 Å². The molecule has 19 heavy (non-hydrogen) atoms. The molecule has 1 aliphatic carbocycles. The quantitative estimate of drug-likeness (QED) is 0.868. The van der Waals surface area contributed by atoms with Crippen molar-refractivity contribution < 1.29 is 9.59 Å². The van der Waals surface area contributed by atoms with E-state index in [1.807, 2.05) is 0 Å². The number of hydrogen-bond donors (Lipinski definition) is 2. The van der Waals surface area contributed by atoms with Crippen molar-refractivity contribution in [3.05, 3.63) is 29.8 Å². The minimum atomic E-state index is -0.463. The van der Waals surface area contributed by atoms with Crippen LogP contribution in [0.2, 0.25) is 0 Å². The van der Waals surface area contributed by atoms with Gasteiger partial charge in [0.1, 0.15) is 0 Å². The molecule has 102 valence electrons. The zero-order chi connectivity index (χ0) is 13.7. The van der Waals surface area contributed by atoms with Crippen LogP contribution >= 0.6 is 11.8 Å². The highest BCUT2D eigenvalue weighted by Gasteiger charge is 2.16. The lowest BCUT2D eigenvalue weighted by molar-refractivity contribution is -0.113. The average Bonchev–Trinajstić information content (AvgIpc) is 2.90. The summed E-state index contributed by atoms with van der Waals surface area (Å²) >= 11 is 1.73. The Labute approximate surface area is 117 Å². The zero-order valence-electron chi connectivity index (χ0n) is 10.7. The van der Waals surface area contributed by atoms with Crippen molar-refractivity contribution in [3.63, 3.8) is 0 Å². The molecule has 0 atom stereocenters. The third-order valence-corrected chi connectivity index (χ3v) is 4.58. The Hall–Kier alpha value is -1.49. The molecule has 0 saturated heterocycles. The number of carbonyl (C=O) groups is 2.